The number of hydrogen-bond donors (Lipinski definition) is 2. The first kappa shape index (κ1) is 10.8. The second-order valence-electron chi connectivity index (χ2n) is 5.55. The van der Waals surface area contributed by atoms with Crippen LogP contribution in [0, 0.1) is 0 Å². The van der Waals surface area contributed by atoms with E-state index in [9.17, 15) is 0 Å². The van der Waals surface area contributed by atoms with Crippen LogP contribution in [0.3, 0.4) is 0 Å². The van der Waals surface area contributed by atoms with E-state index in [0.717, 1.165) is 34.7 Å². The lowest BCUT2D eigenvalue weighted by molar-refractivity contribution is 0.429. The van der Waals surface area contributed by atoms with E-state index in [4.69, 9.17) is 4.42 Å². The summed E-state index contributed by atoms with van der Waals surface area (Å²) in [5.74, 6) is 0.832. The fourth-order valence-electron chi connectivity index (χ4n) is 2.75. The van der Waals surface area contributed by atoms with Gasteiger partial charge in [-0.1, -0.05) is 18.2 Å². The van der Waals surface area contributed by atoms with Gasteiger partial charge in [-0.15, -0.1) is 0 Å². The van der Waals surface area contributed by atoms with Gasteiger partial charge in [0, 0.05) is 17.5 Å². The molecule has 0 atom stereocenters. The van der Waals surface area contributed by atoms with E-state index in [-0.39, 0.29) is 5.54 Å². The van der Waals surface area contributed by atoms with Crippen LogP contribution in [0.1, 0.15) is 25.1 Å². The highest BCUT2D eigenvalue weighted by molar-refractivity contribution is 5.82. The highest BCUT2D eigenvalue weighted by Gasteiger charge is 2.34. The first-order chi connectivity index (χ1) is 9.15. The first-order valence-corrected chi connectivity index (χ1v) is 6.47. The van der Waals surface area contributed by atoms with Gasteiger partial charge < -0.3 is 9.73 Å². The van der Waals surface area contributed by atoms with Gasteiger partial charge in [0.25, 0.3) is 0 Å². The molecule has 2 aromatic heterocycles. The molecule has 0 saturated heterocycles. The maximum absolute atomic E-state index is 5.90. The van der Waals surface area contributed by atoms with Gasteiger partial charge in [0.1, 0.15) is 11.3 Å². The number of hydrogen-bond acceptors (Lipinski definition) is 3. The van der Waals surface area contributed by atoms with Gasteiger partial charge in [-0.25, -0.2) is 0 Å². The summed E-state index contributed by atoms with van der Waals surface area (Å²) >= 11 is 0. The number of nitrogens with zero attached hydrogens (tertiary/aromatic N) is 1. The smallest absolute Gasteiger partial charge is 0.156 e. The third-order valence-electron chi connectivity index (χ3n) is 3.86. The largest absolute Gasteiger partial charge is 0.454 e. The Labute approximate surface area is 110 Å². The van der Waals surface area contributed by atoms with E-state index in [1.807, 2.05) is 18.2 Å². The number of fused-ring (bicyclic) bond motifs is 2. The minimum Gasteiger partial charge on any atom is -0.454 e. The second-order valence-corrected chi connectivity index (χ2v) is 5.55. The van der Waals surface area contributed by atoms with Gasteiger partial charge in [-0.3, -0.25) is 5.10 Å². The molecule has 0 unspecified atom stereocenters. The molecule has 2 N–H and O–H groups in total. The molecule has 0 bridgehead atoms. The van der Waals surface area contributed by atoms with Crippen molar-refractivity contribution < 1.29 is 4.42 Å². The predicted octanol–water partition coefficient (Wildman–Crippen LogP) is 3.16. The van der Waals surface area contributed by atoms with Crippen molar-refractivity contribution in [2.75, 3.05) is 0 Å². The van der Waals surface area contributed by atoms with Crippen molar-refractivity contribution in [2.45, 2.75) is 25.9 Å². The van der Waals surface area contributed by atoms with Gasteiger partial charge in [0.05, 0.1) is 11.2 Å². The number of H-pyrrole nitrogens is 1. The molecule has 1 aliphatic heterocycles. The van der Waals surface area contributed by atoms with Crippen molar-refractivity contribution >= 4 is 11.0 Å². The minimum atomic E-state index is -0.0490. The van der Waals surface area contributed by atoms with Crippen molar-refractivity contribution in [1.82, 2.24) is 15.5 Å². The third-order valence-corrected chi connectivity index (χ3v) is 3.86. The van der Waals surface area contributed by atoms with Gasteiger partial charge in [0.2, 0.25) is 0 Å². The zero-order valence-corrected chi connectivity index (χ0v) is 10.9. The summed E-state index contributed by atoms with van der Waals surface area (Å²) in [6, 6.07) is 10.1. The van der Waals surface area contributed by atoms with Gasteiger partial charge in [-0.05, 0) is 26.0 Å². The SMILES string of the molecule is CC1(C)NCc2c(-c3cc4ccccc4o3)n[nH]c21. The van der Waals surface area contributed by atoms with Crippen LogP contribution in [-0.4, -0.2) is 10.2 Å². The Hall–Kier alpha value is -2.07. The summed E-state index contributed by atoms with van der Waals surface area (Å²) in [6.45, 7) is 5.13. The van der Waals surface area contributed by atoms with E-state index >= 15 is 0 Å². The zero-order chi connectivity index (χ0) is 13.0. The summed E-state index contributed by atoms with van der Waals surface area (Å²) < 4.78 is 5.90. The molecule has 1 aromatic carbocycles. The molecule has 0 aliphatic carbocycles. The molecule has 1 aliphatic rings. The maximum atomic E-state index is 5.90. The minimum absolute atomic E-state index is 0.0490. The number of nitrogens with one attached hydrogen (secondary N) is 2. The van der Waals surface area contributed by atoms with E-state index < -0.39 is 0 Å². The number of aromatic amines is 1. The average Bonchev–Trinajstić information content (AvgIpc) is 3.05. The quantitative estimate of drug-likeness (QED) is 0.700. The third kappa shape index (κ3) is 1.47. The molecule has 96 valence electrons. The Morgan fingerprint density at radius 2 is 2.11 bits per heavy atom. The summed E-state index contributed by atoms with van der Waals surface area (Å²) in [6.07, 6.45) is 0. The van der Waals surface area contributed by atoms with Gasteiger partial charge in [-0.2, -0.15) is 5.10 Å². The van der Waals surface area contributed by atoms with Crippen molar-refractivity contribution in [1.29, 1.82) is 0 Å². The summed E-state index contributed by atoms with van der Waals surface area (Å²) in [4.78, 5) is 0. The van der Waals surface area contributed by atoms with Crippen LogP contribution in [0.2, 0.25) is 0 Å². The number of rotatable bonds is 1. The van der Waals surface area contributed by atoms with Crippen molar-refractivity contribution in [3.05, 3.63) is 41.6 Å². The van der Waals surface area contributed by atoms with Crippen LogP contribution in [-0.2, 0) is 12.1 Å². The van der Waals surface area contributed by atoms with Crippen molar-refractivity contribution in [2.24, 2.45) is 0 Å². The lowest BCUT2D eigenvalue weighted by Crippen LogP contribution is -2.29. The molecule has 19 heavy (non-hydrogen) atoms. The van der Waals surface area contributed by atoms with Crippen LogP contribution in [0.5, 0.6) is 0 Å². The molecule has 0 saturated carbocycles. The molecule has 4 nitrogen and oxygen atoms in total. The first-order valence-electron chi connectivity index (χ1n) is 6.47. The second kappa shape index (κ2) is 3.48. The fraction of sp³-hybridized carbons (Fsp3) is 0.267. The topological polar surface area (TPSA) is 53.9 Å². The Bertz CT molecular complexity index is 734. The van der Waals surface area contributed by atoms with E-state index in [2.05, 4.69) is 41.5 Å². The molecule has 0 fully saturated rings. The average molecular weight is 253 g/mol. The fourth-order valence-corrected chi connectivity index (χ4v) is 2.75. The predicted molar refractivity (Wildman–Crippen MR) is 73.7 cm³/mol. The van der Waals surface area contributed by atoms with Crippen LogP contribution < -0.4 is 5.32 Å². The van der Waals surface area contributed by atoms with Crippen molar-refractivity contribution in [3.63, 3.8) is 0 Å². The molecule has 4 rings (SSSR count). The van der Waals surface area contributed by atoms with Crippen molar-refractivity contribution in [3.8, 4) is 11.5 Å². The number of para-hydroxylation sites is 1. The normalized spacial score (nSPS) is 16.9. The number of aromatic nitrogens is 2. The lowest BCUT2D eigenvalue weighted by atomic mass is 10.0. The standard InChI is InChI=1S/C15H15N3O/c1-15(2)14-10(8-16-15)13(17-18-14)12-7-9-5-3-4-6-11(9)19-12/h3-7,16H,8H2,1-2H3,(H,17,18). The summed E-state index contributed by atoms with van der Waals surface area (Å²) in [5, 5.41) is 12.2. The number of furan rings is 1. The summed E-state index contributed by atoms with van der Waals surface area (Å²) in [5.41, 5.74) is 4.14. The Kier molecular flexibility index (Phi) is 1.98. The number of benzene rings is 1. The van der Waals surface area contributed by atoms with Crippen LogP contribution in [0.25, 0.3) is 22.4 Å². The van der Waals surface area contributed by atoms with Crippen LogP contribution >= 0.6 is 0 Å². The maximum Gasteiger partial charge on any atom is 0.156 e. The van der Waals surface area contributed by atoms with E-state index in [1.54, 1.807) is 0 Å². The Balaban J connectivity index is 1.90. The zero-order valence-electron chi connectivity index (χ0n) is 10.9. The molecular formula is C15H15N3O. The molecule has 4 heteroatoms. The molecular weight excluding hydrogens is 238 g/mol. The highest BCUT2D eigenvalue weighted by atomic mass is 16.3. The summed E-state index contributed by atoms with van der Waals surface area (Å²) in [7, 11) is 0. The molecule has 0 amide bonds. The molecule has 0 spiro atoms. The van der Waals surface area contributed by atoms with Gasteiger partial charge in [0.15, 0.2) is 5.76 Å². The Morgan fingerprint density at radius 3 is 2.95 bits per heavy atom. The van der Waals surface area contributed by atoms with E-state index in [0.29, 0.717) is 0 Å². The lowest BCUT2D eigenvalue weighted by Gasteiger charge is -2.17. The van der Waals surface area contributed by atoms with Crippen LogP contribution in [0.4, 0.5) is 0 Å². The molecule has 3 aromatic rings. The molecule has 3 heterocycles. The van der Waals surface area contributed by atoms with Gasteiger partial charge >= 0.3 is 0 Å². The Morgan fingerprint density at radius 1 is 1.26 bits per heavy atom. The highest BCUT2D eigenvalue weighted by Crippen LogP contribution is 2.36. The molecule has 0 radical (unpaired) electrons. The van der Waals surface area contributed by atoms with E-state index in [1.165, 1.54) is 5.56 Å². The monoisotopic (exact) mass is 253 g/mol. The van der Waals surface area contributed by atoms with Crippen LogP contribution in [0.15, 0.2) is 34.7 Å².